The van der Waals surface area contributed by atoms with Crippen molar-refractivity contribution in [2.75, 3.05) is 25.0 Å². The summed E-state index contributed by atoms with van der Waals surface area (Å²) >= 11 is 1.34. The summed E-state index contributed by atoms with van der Waals surface area (Å²) < 4.78 is 11.2. The molecular formula is C20H22N6O2S. The Morgan fingerprint density at radius 2 is 2.14 bits per heavy atom. The maximum Gasteiger partial charge on any atom is 0.274 e. The van der Waals surface area contributed by atoms with Gasteiger partial charge in [-0.05, 0) is 50.0 Å². The molecule has 0 spiro atoms. The molecule has 1 aromatic carbocycles. The smallest absolute Gasteiger partial charge is 0.274 e. The largest absolute Gasteiger partial charge is 0.372 e. The Morgan fingerprint density at radius 1 is 1.31 bits per heavy atom. The Balaban J connectivity index is 1.42. The minimum absolute atomic E-state index is 0.0327. The van der Waals surface area contributed by atoms with Gasteiger partial charge in [-0.1, -0.05) is 6.08 Å². The highest BCUT2D eigenvalue weighted by molar-refractivity contribution is 7.13. The van der Waals surface area contributed by atoms with Gasteiger partial charge >= 0.3 is 0 Å². The highest BCUT2D eigenvalue weighted by atomic mass is 32.1. The third kappa shape index (κ3) is 3.40. The lowest BCUT2D eigenvalue weighted by Gasteiger charge is -2.35. The number of nitrogens with zero attached hydrogens (tertiary/aromatic N) is 4. The zero-order chi connectivity index (χ0) is 20.0. The molecule has 2 aromatic heterocycles. The fraction of sp³-hybridized carbons (Fsp3) is 0.400. The van der Waals surface area contributed by atoms with Gasteiger partial charge in [0.1, 0.15) is 11.1 Å². The highest BCUT2D eigenvalue weighted by Crippen LogP contribution is 2.28. The summed E-state index contributed by atoms with van der Waals surface area (Å²) in [6, 6.07) is 5.90. The van der Waals surface area contributed by atoms with E-state index in [1.54, 1.807) is 0 Å². The predicted molar refractivity (Wildman–Crippen MR) is 112 cm³/mol. The number of nitrogens with one attached hydrogen (secondary N) is 2. The third-order valence-corrected chi connectivity index (χ3v) is 5.97. The maximum atomic E-state index is 13.0. The summed E-state index contributed by atoms with van der Waals surface area (Å²) in [4.78, 5) is 19.4. The van der Waals surface area contributed by atoms with Gasteiger partial charge in [-0.2, -0.15) is 9.47 Å². The van der Waals surface area contributed by atoms with Crippen LogP contribution in [0.25, 0.3) is 16.2 Å². The minimum atomic E-state index is -0.0327. The van der Waals surface area contributed by atoms with Crippen LogP contribution >= 0.6 is 11.5 Å². The molecule has 5 rings (SSSR count). The topological polar surface area (TPSA) is 95.5 Å². The molecule has 2 atom stereocenters. The summed E-state index contributed by atoms with van der Waals surface area (Å²) in [5.74, 6) is 0.682. The average Bonchev–Trinajstić information content (AvgIpc) is 3.31. The summed E-state index contributed by atoms with van der Waals surface area (Å²) in [6.45, 7) is 5.94. The lowest BCUT2D eigenvalue weighted by molar-refractivity contribution is -0.0586. The third-order valence-electron chi connectivity index (χ3n) is 5.16. The molecule has 3 aromatic rings. The van der Waals surface area contributed by atoms with Crippen molar-refractivity contribution in [2.45, 2.75) is 32.5 Å². The fourth-order valence-corrected chi connectivity index (χ4v) is 4.73. The molecule has 8 nitrogen and oxygen atoms in total. The second-order valence-electron chi connectivity index (χ2n) is 7.54. The van der Waals surface area contributed by atoms with Gasteiger partial charge in [0.2, 0.25) is 0 Å². The van der Waals surface area contributed by atoms with E-state index in [1.807, 2.05) is 36.9 Å². The molecule has 2 aliphatic rings. The molecule has 1 amide bonds. The zero-order valence-electron chi connectivity index (χ0n) is 16.3. The number of carbonyl (C=O) groups is 1. The van der Waals surface area contributed by atoms with Crippen LogP contribution in [-0.4, -0.2) is 57.2 Å². The van der Waals surface area contributed by atoms with Crippen molar-refractivity contribution < 1.29 is 9.53 Å². The molecule has 0 aliphatic carbocycles. The van der Waals surface area contributed by atoms with Gasteiger partial charge in [0, 0.05) is 30.7 Å². The van der Waals surface area contributed by atoms with Crippen molar-refractivity contribution in [1.82, 2.24) is 19.5 Å². The van der Waals surface area contributed by atoms with Gasteiger partial charge in [-0.25, -0.2) is 0 Å². The number of hydrogen-bond acceptors (Lipinski definition) is 7. The van der Waals surface area contributed by atoms with Gasteiger partial charge in [0.15, 0.2) is 5.82 Å². The fourth-order valence-electron chi connectivity index (χ4n) is 3.92. The molecule has 1 fully saturated rings. The molecule has 29 heavy (non-hydrogen) atoms. The number of amides is 1. The van der Waals surface area contributed by atoms with Crippen LogP contribution < -0.4 is 16.0 Å². The number of aromatic amines is 1. The Morgan fingerprint density at radius 3 is 2.97 bits per heavy atom. The first-order chi connectivity index (χ1) is 14.1. The number of morpholine rings is 1. The number of anilines is 2. The number of carbonyl (C=O) groups excluding carboxylic acids is 1. The minimum Gasteiger partial charge on any atom is -0.372 e. The molecular weight excluding hydrogens is 388 g/mol. The molecule has 0 radical (unpaired) electrons. The van der Waals surface area contributed by atoms with Crippen LogP contribution in [-0.2, 0) is 4.74 Å². The van der Waals surface area contributed by atoms with Crippen LogP contribution in [0.15, 0.2) is 23.2 Å². The molecule has 4 heterocycles. The van der Waals surface area contributed by atoms with Crippen LogP contribution in [0.4, 0.5) is 11.5 Å². The number of benzene rings is 1. The molecule has 0 saturated carbocycles. The number of H-pyrrole nitrogens is 1. The van der Waals surface area contributed by atoms with Gasteiger partial charge in [-0.15, -0.1) is 0 Å². The monoisotopic (exact) mass is 410 g/mol. The van der Waals surface area contributed by atoms with E-state index in [9.17, 15) is 4.79 Å². The Labute approximate surface area is 171 Å². The molecule has 1 saturated heterocycles. The van der Waals surface area contributed by atoms with Crippen LogP contribution in [0.5, 0.6) is 0 Å². The zero-order valence-corrected chi connectivity index (χ0v) is 17.1. The second kappa shape index (κ2) is 7.23. The van der Waals surface area contributed by atoms with E-state index in [1.165, 1.54) is 11.5 Å². The van der Waals surface area contributed by atoms with Crippen molar-refractivity contribution >= 4 is 45.1 Å². The number of ether oxygens (including phenoxy) is 1. The quantitative estimate of drug-likeness (QED) is 0.687. The standard InChI is InChI=1S/C20H22N6O2S/c1-11-9-26(10-12(2)28-11)20(27)17-14-6-5-13(8-16(14)29-25-17)22-19-18-15(23-24-19)4-3-7-21-18/h4-6,8,11-12,23H,3,7,9-10H2,1-2H3,(H,22,24). The van der Waals surface area contributed by atoms with E-state index in [-0.39, 0.29) is 18.1 Å². The highest BCUT2D eigenvalue weighted by Gasteiger charge is 2.28. The SMILES string of the molecule is CC1CN(C(=O)c2nsc3cc(Nc4n[nH]c5c4=NCCC=5)ccc23)CC(C)O1. The van der Waals surface area contributed by atoms with Crippen molar-refractivity contribution in [3.63, 3.8) is 0 Å². The summed E-state index contributed by atoms with van der Waals surface area (Å²) in [6.07, 6.45) is 3.11. The summed E-state index contributed by atoms with van der Waals surface area (Å²) in [7, 11) is 0. The molecule has 9 heteroatoms. The summed E-state index contributed by atoms with van der Waals surface area (Å²) in [5.41, 5.74) is 1.41. The lowest BCUT2D eigenvalue weighted by atomic mass is 10.1. The number of aromatic nitrogens is 3. The molecule has 150 valence electrons. The Kier molecular flexibility index (Phi) is 4.56. The van der Waals surface area contributed by atoms with E-state index in [0.29, 0.717) is 24.6 Å². The summed E-state index contributed by atoms with van der Waals surface area (Å²) in [5, 5.41) is 13.4. The van der Waals surface area contributed by atoms with E-state index in [0.717, 1.165) is 39.4 Å². The van der Waals surface area contributed by atoms with Crippen LogP contribution in [0, 0.1) is 0 Å². The predicted octanol–water partition coefficient (Wildman–Crippen LogP) is 1.82. The van der Waals surface area contributed by atoms with Crippen molar-refractivity contribution in [2.24, 2.45) is 4.99 Å². The van der Waals surface area contributed by atoms with E-state index >= 15 is 0 Å². The van der Waals surface area contributed by atoms with E-state index in [4.69, 9.17) is 4.74 Å². The first kappa shape index (κ1) is 18.3. The van der Waals surface area contributed by atoms with Crippen molar-refractivity contribution in [3.8, 4) is 0 Å². The van der Waals surface area contributed by atoms with Gasteiger partial charge in [0.25, 0.3) is 5.91 Å². The first-order valence-corrected chi connectivity index (χ1v) is 10.6. The first-order valence-electron chi connectivity index (χ1n) is 9.79. The molecule has 2 aliphatic heterocycles. The second-order valence-corrected chi connectivity index (χ2v) is 8.35. The number of rotatable bonds is 3. The number of fused-ring (bicyclic) bond motifs is 2. The van der Waals surface area contributed by atoms with Crippen LogP contribution in [0.3, 0.4) is 0 Å². The van der Waals surface area contributed by atoms with Crippen LogP contribution in [0.2, 0.25) is 0 Å². The molecule has 2 N–H and O–H groups in total. The van der Waals surface area contributed by atoms with Crippen molar-refractivity contribution in [1.29, 1.82) is 0 Å². The van der Waals surface area contributed by atoms with E-state index in [2.05, 4.69) is 31.0 Å². The average molecular weight is 411 g/mol. The molecule has 2 unspecified atom stereocenters. The normalized spacial score (nSPS) is 21.4. The lowest BCUT2D eigenvalue weighted by Crippen LogP contribution is -2.48. The van der Waals surface area contributed by atoms with Crippen molar-refractivity contribution in [3.05, 3.63) is 34.6 Å². The van der Waals surface area contributed by atoms with E-state index < -0.39 is 0 Å². The molecule has 0 bridgehead atoms. The Bertz CT molecular complexity index is 1190. The van der Waals surface area contributed by atoms with Gasteiger partial charge in [0.05, 0.1) is 22.3 Å². The Hall–Kier alpha value is -2.78. The maximum absolute atomic E-state index is 13.0. The van der Waals surface area contributed by atoms with Crippen LogP contribution in [0.1, 0.15) is 30.8 Å². The number of hydrogen-bond donors (Lipinski definition) is 2. The van der Waals surface area contributed by atoms with Gasteiger partial charge in [-0.3, -0.25) is 14.9 Å². The van der Waals surface area contributed by atoms with Gasteiger partial charge < -0.3 is 15.0 Å².